The highest BCUT2D eigenvalue weighted by Crippen LogP contribution is 2.20. The molecule has 3 rings (SSSR count). The van der Waals surface area contributed by atoms with E-state index in [1.54, 1.807) is 16.8 Å². The van der Waals surface area contributed by atoms with Crippen molar-refractivity contribution in [2.45, 2.75) is 33.2 Å². The monoisotopic (exact) mass is 339 g/mol. The van der Waals surface area contributed by atoms with Crippen LogP contribution in [0.2, 0.25) is 0 Å². The average Bonchev–Trinajstić information content (AvgIpc) is 3.24. The Morgan fingerprint density at radius 1 is 1.28 bits per heavy atom. The molecule has 0 bridgehead atoms. The van der Waals surface area contributed by atoms with E-state index in [4.69, 9.17) is 4.42 Å². The molecule has 0 saturated heterocycles. The summed E-state index contributed by atoms with van der Waals surface area (Å²) >= 11 is 0. The van der Waals surface area contributed by atoms with E-state index in [0.29, 0.717) is 24.4 Å². The van der Waals surface area contributed by atoms with Crippen molar-refractivity contribution in [2.24, 2.45) is 0 Å². The first-order chi connectivity index (χ1) is 12.0. The Balaban J connectivity index is 1.68. The first kappa shape index (κ1) is 16.9. The van der Waals surface area contributed by atoms with Crippen LogP contribution in [0.25, 0.3) is 11.4 Å². The summed E-state index contributed by atoms with van der Waals surface area (Å²) in [5.41, 5.74) is 1.39. The number of carbonyl (C=O) groups is 1. The predicted molar refractivity (Wildman–Crippen MR) is 93.1 cm³/mol. The van der Waals surface area contributed by atoms with Gasteiger partial charge in [0.2, 0.25) is 0 Å². The van der Waals surface area contributed by atoms with Gasteiger partial charge in [0, 0.05) is 24.1 Å². The number of hydrogen-bond acceptors (Lipinski definition) is 5. The van der Waals surface area contributed by atoms with Gasteiger partial charge >= 0.3 is 0 Å². The fourth-order valence-corrected chi connectivity index (χ4v) is 2.55. The van der Waals surface area contributed by atoms with Crippen molar-refractivity contribution in [3.8, 4) is 11.4 Å². The molecule has 130 valence electrons. The van der Waals surface area contributed by atoms with Crippen molar-refractivity contribution < 1.29 is 9.21 Å². The molecule has 0 spiro atoms. The second-order valence-electron chi connectivity index (χ2n) is 6.14. The van der Waals surface area contributed by atoms with Gasteiger partial charge in [0.25, 0.3) is 5.91 Å². The zero-order valence-electron chi connectivity index (χ0n) is 14.6. The molecule has 7 nitrogen and oxygen atoms in total. The highest BCUT2D eigenvalue weighted by Gasteiger charge is 2.13. The van der Waals surface area contributed by atoms with Crippen LogP contribution in [-0.2, 0) is 6.42 Å². The lowest BCUT2D eigenvalue weighted by molar-refractivity contribution is 0.0953. The van der Waals surface area contributed by atoms with E-state index in [2.05, 4.69) is 20.8 Å². The summed E-state index contributed by atoms with van der Waals surface area (Å²) in [5, 5.41) is 14.7. The predicted octanol–water partition coefficient (Wildman–Crippen LogP) is 2.79. The minimum atomic E-state index is -0.131. The lowest BCUT2D eigenvalue weighted by Crippen LogP contribution is -2.25. The van der Waals surface area contributed by atoms with Crippen LogP contribution in [0, 0.1) is 6.92 Å². The Morgan fingerprint density at radius 3 is 2.84 bits per heavy atom. The van der Waals surface area contributed by atoms with E-state index in [1.165, 1.54) is 0 Å². The maximum Gasteiger partial charge on any atom is 0.251 e. The van der Waals surface area contributed by atoms with Crippen LogP contribution in [0.5, 0.6) is 0 Å². The molecule has 0 fully saturated rings. The van der Waals surface area contributed by atoms with Crippen LogP contribution < -0.4 is 5.32 Å². The average molecular weight is 339 g/mol. The van der Waals surface area contributed by atoms with Crippen LogP contribution in [0.15, 0.2) is 40.8 Å². The van der Waals surface area contributed by atoms with E-state index >= 15 is 0 Å². The largest absolute Gasteiger partial charge is 0.466 e. The van der Waals surface area contributed by atoms with Gasteiger partial charge in [-0.15, -0.1) is 5.10 Å². The number of nitrogens with one attached hydrogen (secondary N) is 1. The number of carbonyl (C=O) groups excluding carboxylic acids is 1. The number of benzene rings is 1. The Kier molecular flexibility index (Phi) is 4.92. The summed E-state index contributed by atoms with van der Waals surface area (Å²) in [7, 11) is 0. The molecule has 0 aliphatic carbocycles. The summed E-state index contributed by atoms with van der Waals surface area (Å²) < 4.78 is 7.23. The summed E-state index contributed by atoms with van der Waals surface area (Å²) in [4.78, 5) is 12.4. The lowest BCUT2D eigenvalue weighted by atomic mass is 10.1. The van der Waals surface area contributed by atoms with E-state index in [1.807, 2.05) is 45.0 Å². The first-order valence-corrected chi connectivity index (χ1v) is 8.26. The molecule has 0 unspecified atom stereocenters. The van der Waals surface area contributed by atoms with Crippen molar-refractivity contribution in [1.29, 1.82) is 0 Å². The number of aromatic nitrogens is 4. The summed E-state index contributed by atoms with van der Waals surface area (Å²) in [6, 6.07) is 11.3. The third-order valence-electron chi connectivity index (χ3n) is 3.82. The molecule has 0 saturated carbocycles. The number of aryl methyl sites for hydroxylation is 1. The van der Waals surface area contributed by atoms with E-state index < -0.39 is 0 Å². The molecule has 2 heterocycles. The van der Waals surface area contributed by atoms with Gasteiger partial charge in [-0.3, -0.25) is 4.79 Å². The lowest BCUT2D eigenvalue weighted by Gasteiger charge is -2.09. The maximum absolute atomic E-state index is 12.4. The number of tetrazole rings is 1. The first-order valence-electron chi connectivity index (χ1n) is 8.26. The third-order valence-corrected chi connectivity index (χ3v) is 3.82. The molecule has 0 aliphatic rings. The molecule has 1 aromatic carbocycles. The smallest absolute Gasteiger partial charge is 0.251 e. The minimum absolute atomic E-state index is 0.131. The van der Waals surface area contributed by atoms with Gasteiger partial charge in [0.1, 0.15) is 11.5 Å². The Hall–Kier alpha value is -2.96. The van der Waals surface area contributed by atoms with Crippen LogP contribution in [-0.4, -0.2) is 32.7 Å². The van der Waals surface area contributed by atoms with Gasteiger partial charge in [0.15, 0.2) is 5.82 Å². The Labute approximate surface area is 146 Å². The van der Waals surface area contributed by atoms with Gasteiger partial charge in [-0.05, 0) is 55.5 Å². The highest BCUT2D eigenvalue weighted by molar-refractivity contribution is 5.95. The molecule has 7 heteroatoms. The van der Waals surface area contributed by atoms with Crippen LogP contribution in [0.4, 0.5) is 0 Å². The molecule has 0 radical (unpaired) electrons. The summed E-state index contributed by atoms with van der Waals surface area (Å²) in [5.74, 6) is 2.25. The molecule has 1 N–H and O–H groups in total. The summed E-state index contributed by atoms with van der Waals surface area (Å²) in [6.07, 6.45) is 0.658. The Morgan fingerprint density at radius 2 is 2.12 bits per heavy atom. The van der Waals surface area contributed by atoms with Crippen molar-refractivity contribution >= 4 is 5.91 Å². The zero-order valence-corrected chi connectivity index (χ0v) is 14.6. The van der Waals surface area contributed by atoms with Crippen LogP contribution in [0.3, 0.4) is 0 Å². The highest BCUT2D eigenvalue weighted by atomic mass is 16.3. The normalized spacial score (nSPS) is 11.0. The fraction of sp³-hybridized carbons (Fsp3) is 0.333. The molecule has 0 aliphatic heterocycles. The second kappa shape index (κ2) is 7.29. The van der Waals surface area contributed by atoms with Gasteiger partial charge in [-0.1, -0.05) is 12.1 Å². The Bertz CT molecular complexity index is 866. The van der Waals surface area contributed by atoms with Crippen LogP contribution >= 0.6 is 0 Å². The zero-order chi connectivity index (χ0) is 17.8. The fourth-order valence-electron chi connectivity index (χ4n) is 2.55. The van der Waals surface area contributed by atoms with Crippen molar-refractivity contribution in [1.82, 2.24) is 25.5 Å². The number of furan rings is 1. The van der Waals surface area contributed by atoms with Crippen LogP contribution in [0.1, 0.15) is 41.8 Å². The molecule has 25 heavy (non-hydrogen) atoms. The number of nitrogens with zero attached hydrogens (tertiary/aromatic N) is 4. The molecule has 0 atom stereocenters. The SMILES string of the molecule is Cc1ccc(CCNC(=O)c2cccc(-c3nnnn3C(C)C)c2)o1. The van der Waals surface area contributed by atoms with Gasteiger partial charge in [-0.25, -0.2) is 4.68 Å². The summed E-state index contributed by atoms with van der Waals surface area (Å²) in [6.45, 7) is 6.43. The molecular weight excluding hydrogens is 318 g/mol. The van der Waals surface area contributed by atoms with Crippen molar-refractivity contribution in [3.63, 3.8) is 0 Å². The van der Waals surface area contributed by atoms with E-state index in [-0.39, 0.29) is 11.9 Å². The molecule has 1 amide bonds. The number of hydrogen-bond donors (Lipinski definition) is 1. The maximum atomic E-state index is 12.4. The number of rotatable bonds is 6. The topological polar surface area (TPSA) is 85.8 Å². The van der Waals surface area contributed by atoms with Gasteiger partial charge in [0.05, 0.1) is 6.04 Å². The molecular formula is C18H21N5O2. The minimum Gasteiger partial charge on any atom is -0.466 e. The van der Waals surface area contributed by atoms with E-state index in [0.717, 1.165) is 17.1 Å². The van der Waals surface area contributed by atoms with E-state index in [9.17, 15) is 4.79 Å². The molecule has 2 aromatic heterocycles. The standard InChI is InChI=1S/C18H21N5O2/c1-12(2)23-17(20-21-22-23)14-5-4-6-15(11-14)18(24)19-10-9-16-8-7-13(3)25-16/h4-8,11-12H,9-10H2,1-3H3,(H,19,24). The third kappa shape index (κ3) is 3.93. The van der Waals surface area contributed by atoms with Crippen molar-refractivity contribution in [3.05, 3.63) is 53.5 Å². The van der Waals surface area contributed by atoms with Gasteiger partial charge in [-0.2, -0.15) is 0 Å². The van der Waals surface area contributed by atoms with Gasteiger partial charge < -0.3 is 9.73 Å². The molecule has 3 aromatic rings. The number of amides is 1. The quantitative estimate of drug-likeness (QED) is 0.746. The van der Waals surface area contributed by atoms with Crippen molar-refractivity contribution in [2.75, 3.05) is 6.54 Å². The second-order valence-corrected chi connectivity index (χ2v) is 6.14.